The SMILES string of the molecule is O=CCNC(=O)C1CCC1. The zero-order valence-electron chi connectivity index (χ0n) is 5.80. The first-order valence-electron chi connectivity index (χ1n) is 3.56. The van der Waals surface area contributed by atoms with E-state index >= 15 is 0 Å². The summed E-state index contributed by atoms with van der Waals surface area (Å²) < 4.78 is 0. The normalized spacial score (nSPS) is 17.6. The third-order valence-electron chi connectivity index (χ3n) is 1.84. The first-order chi connectivity index (χ1) is 4.84. The predicted molar refractivity (Wildman–Crippen MR) is 36.4 cm³/mol. The third-order valence-corrected chi connectivity index (χ3v) is 1.84. The van der Waals surface area contributed by atoms with Gasteiger partial charge in [0.1, 0.15) is 6.29 Å². The predicted octanol–water partition coefficient (Wildman–Crippen LogP) is 0.102. The van der Waals surface area contributed by atoms with Crippen LogP contribution in [0.15, 0.2) is 0 Å². The molecule has 10 heavy (non-hydrogen) atoms. The van der Waals surface area contributed by atoms with Gasteiger partial charge >= 0.3 is 0 Å². The molecule has 0 saturated heterocycles. The topological polar surface area (TPSA) is 46.2 Å². The first kappa shape index (κ1) is 7.25. The fourth-order valence-corrected chi connectivity index (χ4v) is 0.957. The van der Waals surface area contributed by atoms with Crippen LogP contribution in [0, 0.1) is 5.92 Å². The van der Waals surface area contributed by atoms with Gasteiger partial charge in [-0.2, -0.15) is 0 Å². The van der Waals surface area contributed by atoms with Crippen molar-refractivity contribution in [3.05, 3.63) is 0 Å². The van der Waals surface area contributed by atoms with Crippen LogP contribution in [0.5, 0.6) is 0 Å². The van der Waals surface area contributed by atoms with Gasteiger partial charge in [-0.3, -0.25) is 4.79 Å². The monoisotopic (exact) mass is 141 g/mol. The molecule has 1 saturated carbocycles. The lowest BCUT2D eigenvalue weighted by Crippen LogP contribution is -2.35. The smallest absolute Gasteiger partial charge is 0.223 e. The first-order valence-corrected chi connectivity index (χ1v) is 3.56. The molecule has 0 heterocycles. The summed E-state index contributed by atoms with van der Waals surface area (Å²) in [6.07, 6.45) is 3.84. The second-order valence-electron chi connectivity index (χ2n) is 2.54. The molecule has 0 unspecified atom stereocenters. The summed E-state index contributed by atoms with van der Waals surface area (Å²) in [6, 6.07) is 0. The molecule has 0 aromatic rings. The Morgan fingerprint density at radius 3 is 2.70 bits per heavy atom. The number of amides is 1. The summed E-state index contributed by atoms with van der Waals surface area (Å²) >= 11 is 0. The minimum atomic E-state index is 0.0401. The van der Waals surface area contributed by atoms with Crippen LogP contribution in [-0.4, -0.2) is 18.7 Å². The van der Waals surface area contributed by atoms with Crippen molar-refractivity contribution in [2.75, 3.05) is 6.54 Å². The highest BCUT2D eigenvalue weighted by molar-refractivity contribution is 5.81. The van der Waals surface area contributed by atoms with Crippen molar-refractivity contribution >= 4 is 12.2 Å². The van der Waals surface area contributed by atoms with E-state index in [0.29, 0.717) is 6.29 Å². The number of hydrogen-bond acceptors (Lipinski definition) is 2. The highest BCUT2D eigenvalue weighted by Crippen LogP contribution is 2.25. The summed E-state index contributed by atoms with van der Waals surface area (Å²) in [5, 5.41) is 2.53. The van der Waals surface area contributed by atoms with Crippen LogP contribution in [0.4, 0.5) is 0 Å². The Morgan fingerprint density at radius 1 is 1.60 bits per heavy atom. The van der Waals surface area contributed by atoms with E-state index in [1.807, 2.05) is 0 Å². The fourth-order valence-electron chi connectivity index (χ4n) is 0.957. The molecule has 3 heteroatoms. The maximum absolute atomic E-state index is 10.9. The quantitative estimate of drug-likeness (QED) is 0.567. The number of carbonyl (C=O) groups excluding carboxylic acids is 2. The lowest BCUT2D eigenvalue weighted by atomic mass is 9.85. The molecule has 1 rings (SSSR count). The van der Waals surface area contributed by atoms with Crippen LogP contribution in [0.1, 0.15) is 19.3 Å². The van der Waals surface area contributed by atoms with Crippen LogP contribution in [0.25, 0.3) is 0 Å². The highest BCUT2D eigenvalue weighted by Gasteiger charge is 2.24. The van der Waals surface area contributed by atoms with Gasteiger partial charge in [0.25, 0.3) is 0 Å². The van der Waals surface area contributed by atoms with Crippen LogP contribution in [-0.2, 0) is 9.59 Å². The molecule has 0 spiro atoms. The average molecular weight is 141 g/mol. The maximum atomic E-state index is 10.9. The van der Waals surface area contributed by atoms with E-state index in [4.69, 9.17) is 0 Å². The van der Waals surface area contributed by atoms with Crippen molar-refractivity contribution in [2.45, 2.75) is 19.3 Å². The summed E-state index contributed by atoms with van der Waals surface area (Å²) in [5.74, 6) is 0.235. The molecule has 0 bridgehead atoms. The van der Waals surface area contributed by atoms with Gasteiger partial charge in [-0.15, -0.1) is 0 Å². The van der Waals surface area contributed by atoms with Gasteiger partial charge in [0.05, 0.1) is 6.54 Å². The van der Waals surface area contributed by atoms with Crippen molar-refractivity contribution in [3.8, 4) is 0 Å². The van der Waals surface area contributed by atoms with Gasteiger partial charge in [0, 0.05) is 5.92 Å². The summed E-state index contributed by atoms with van der Waals surface area (Å²) in [4.78, 5) is 20.7. The molecule has 1 fully saturated rings. The second-order valence-corrected chi connectivity index (χ2v) is 2.54. The zero-order valence-corrected chi connectivity index (χ0v) is 5.80. The molecule has 1 amide bonds. The van der Waals surface area contributed by atoms with Crippen LogP contribution in [0.2, 0.25) is 0 Å². The highest BCUT2D eigenvalue weighted by atomic mass is 16.2. The zero-order chi connectivity index (χ0) is 7.40. The number of carbonyl (C=O) groups is 2. The van der Waals surface area contributed by atoms with Crippen LogP contribution in [0.3, 0.4) is 0 Å². The molecule has 1 N–H and O–H groups in total. The maximum Gasteiger partial charge on any atom is 0.223 e. The number of aldehydes is 1. The van der Waals surface area contributed by atoms with E-state index < -0.39 is 0 Å². The Balaban J connectivity index is 2.13. The fraction of sp³-hybridized carbons (Fsp3) is 0.714. The Hall–Kier alpha value is -0.860. The van der Waals surface area contributed by atoms with Crippen molar-refractivity contribution in [2.24, 2.45) is 5.92 Å². The second kappa shape index (κ2) is 3.34. The van der Waals surface area contributed by atoms with Crippen molar-refractivity contribution in [1.29, 1.82) is 0 Å². The van der Waals surface area contributed by atoms with Gasteiger partial charge in [-0.1, -0.05) is 6.42 Å². The Bertz CT molecular complexity index is 141. The minimum absolute atomic E-state index is 0.0401. The Labute approximate surface area is 59.8 Å². The molecule has 0 aliphatic heterocycles. The van der Waals surface area contributed by atoms with E-state index in [9.17, 15) is 9.59 Å². The molecule has 0 radical (unpaired) electrons. The number of rotatable bonds is 3. The molecule has 0 aromatic carbocycles. The van der Waals surface area contributed by atoms with Crippen LogP contribution >= 0.6 is 0 Å². The van der Waals surface area contributed by atoms with E-state index in [2.05, 4.69) is 5.32 Å². The number of nitrogens with one attached hydrogen (secondary N) is 1. The van der Waals surface area contributed by atoms with E-state index in [1.165, 1.54) is 0 Å². The van der Waals surface area contributed by atoms with Crippen molar-refractivity contribution in [1.82, 2.24) is 5.32 Å². The van der Waals surface area contributed by atoms with Crippen molar-refractivity contribution in [3.63, 3.8) is 0 Å². The van der Waals surface area contributed by atoms with Gasteiger partial charge < -0.3 is 10.1 Å². The average Bonchev–Trinajstić information content (AvgIpc) is 1.79. The Kier molecular flexibility index (Phi) is 2.42. The van der Waals surface area contributed by atoms with E-state index in [0.717, 1.165) is 19.3 Å². The number of hydrogen-bond donors (Lipinski definition) is 1. The van der Waals surface area contributed by atoms with Gasteiger partial charge in [0.15, 0.2) is 0 Å². The van der Waals surface area contributed by atoms with Gasteiger partial charge in [-0.25, -0.2) is 0 Å². The molecule has 0 atom stereocenters. The molecular formula is C7H11NO2. The largest absolute Gasteiger partial charge is 0.349 e. The minimum Gasteiger partial charge on any atom is -0.349 e. The van der Waals surface area contributed by atoms with Crippen LogP contribution < -0.4 is 5.32 Å². The molecular weight excluding hydrogens is 130 g/mol. The molecule has 3 nitrogen and oxygen atoms in total. The summed E-state index contributed by atoms with van der Waals surface area (Å²) in [7, 11) is 0. The van der Waals surface area contributed by atoms with E-state index in [-0.39, 0.29) is 18.4 Å². The summed E-state index contributed by atoms with van der Waals surface area (Å²) in [6.45, 7) is 0.162. The Morgan fingerprint density at radius 2 is 2.30 bits per heavy atom. The molecule has 56 valence electrons. The molecule has 1 aliphatic carbocycles. The van der Waals surface area contributed by atoms with Gasteiger partial charge in [-0.05, 0) is 12.8 Å². The molecule has 1 aliphatic rings. The summed E-state index contributed by atoms with van der Waals surface area (Å²) in [5.41, 5.74) is 0. The van der Waals surface area contributed by atoms with E-state index in [1.54, 1.807) is 0 Å². The standard InChI is InChI=1S/C7H11NO2/c9-5-4-8-7(10)6-2-1-3-6/h5-6H,1-4H2,(H,8,10). The molecule has 0 aromatic heterocycles. The lowest BCUT2D eigenvalue weighted by molar-refractivity contribution is -0.128. The van der Waals surface area contributed by atoms with Crippen molar-refractivity contribution < 1.29 is 9.59 Å². The van der Waals surface area contributed by atoms with Gasteiger partial charge in [0.2, 0.25) is 5.91 Å². The third kappa shape index (κ3) is 1.56. The lowest BCUT2D eigenvalue weighted by Gasteiger charge is -2.23.